The molecule has 3 nitrogen and oxygen atoms in total. The summed E-state index contributed by atoms with van der Waals surface area (Å²) in [4.78, 5) is 3.58. The first-order valence-electron chi connectivity index (χ1n) is 8.60. The van der Waals surface area contributed by atoms with Crippen molar-refractivity contribution in [3.63, 3.8) is 0 Å². The first-order chi connectivity index (χ1) is 12.8. The summed E-state index contributed by atoms with van der Waals surface area (Å²) in [6.45, 7) is 0.516. The van der Waals surface area contributed by atoms with Crippen LogP contribution >= 0.6 is 11.8 Å². The van der Waals surface area contributed by atoms with E-state index in [9.17, 15) is 0 Å². The molecular weight excluding hydrogens is 342 g/mol. The van der Waals surface area contributed by atoms with E-state index in [-0.39, 0.29) is 5.37 Å². The van der Waals surface area contributed by atoms with Crippen molar-refractivity contribution in [1.29, 1.82) is 0 Å². The molecule has 26 heavy (non-hydrogen) atoms. The second-order valence-electron chi connectivity index (χ2n) is 6.20. The van der Waals surface area contributed by atoms with Gasteiger partial charge in [0.05, 0.1) is 12.8 Å². The summed E-state index contributed by atoms with van der Waals surface area (Å²) < 4.78 is 11.8. The van der Waals surface area contributed by atoms with Gasteiger partial charge < -0.3 is 14.4 Å². The Hall–Kier alpha value is -2.59. The van der Waals surface area contributed by atoms with Gasteiger partial charge in [-0.1, -0.05) is 66.4 Å². The first-order valence-corrected chi connectivity index (χ1v) is 9.48. The number of nitrogens with zero attached hydrogens (tertiary/aromatic N) is 1. The third-order valence-electron chi connectivity index (χ3n) is 4.56. The maximum atomic E-state index is 6.24. The first kappa shape index (κ1) is 16.9. The number of para-hydroxylation sites is 2. The van der Waals surface area contributed by atoms with Gasteiger partial charge in [-0.25, -0.2) is 0 Å². The number of fused-ring (bicyclic) bond motifs is 1. The van der Waals surface area contributed by atoms with Gasteiger partial charge >= 0.3 is 0 Å². The van der Waals surface area contributed by atoms with Crippen molar-refractivity contribution in [2.45, 2.75) is 16.9 Å². The van der Waals surface area contributed by atoms with Gasteiger partial charge in [0, 0.05) is 17.5 Å². The minimum absolute atomic E-state index is 0.160. The SMILES string of the molecule is COc1cccc(C2Sc3ccccc3N2C)c1OCc1ccccc1. The molecule has 0 N–H and O–H groups in total. The molecule has 0 fully saturated rings. The summed E-state index contributed by atoms with van der Waals surface area (Å²) in [5.41, 5.74) is 3.52. The normalized spacial score (nSPS) is 15.6. The van der Waals surface area contributed by atoms with Crippen molar-refractivity contribution in [1.82, 2.24) is 0 Å². The average molecular weight is 363 g/mol. The predicted octanol–water partition coefficient (Wildman–Crippen LogP) is 5.51. The average Bonchev–Trinajstić information content (AvgIpc) is 3.03. The number of rotatable bonds is 5. The zero-order valence-electron chi connectivity index (χ0n) is 14.9. The van der Waals surface area contributed by atoms with Crippen LogP contribution in [0.4, 0.5) is 5.69 Å². The zero-order valence-corrected chi connectivity index (χ0v) is 15.7. The minimum atomic E-state index is 0.160. The predicted molar refractivity (Wildman–Crippen MR) is 107 cm³/mol. The molecule has 4 heteroatoms. The van der Waals surface area contributed by atoms with Gasteiger partial charge in [0.15, 0.2) is 11.5 Å². The van der Waals surface area contributed by atoms with Crippen LogP contribution in [0.2, 0.25) is 0 Å². The van der Waals surface area contributed by atoms with Crippen molar-refractivity contribution in [3.05, 3.63) is 83.9 Å². The topological polar surface area (TPSA) is 21.7 Å². The van der Waals surface area contributed by atoms with Gasteiger partial charge in [-0.2, -0.15) is 0 Å². The summed E-state index contributed by atoms with van der Waals surface area (Å²) >= 11 is 1.84. The van der Waals surface area contributed by atoms with E-state index in [1.807, 2.05) is 42.1 Å². The molecule has 1 aliphatic heterocycles. The Bertz CT molecular complexity index is 898. The number of ether oxygens (including phenoxy) is 2. The molecule has 132 valence electrons. The van der Waals surface area contributed by atoms with Gasteiger partial charge in [-0.3, -0.25) is 0 Å². The number of anilines is 1. The highest BCUT2D eigenvalue weighted by Crippen LogP contribution is 2.53. The Morgan fingerprint density at radius 1 is 0.923 bits per heavy atom. The molecule has 3 aromatic rings. The highest BCUT2D eigenvalue weighted by Gasteiger charge is 2.31. The standard InChI is InChI=1S/C22H21NO2S/c1-23-18-12-6-7-14-20(18)26-22(23)17-11-8-13-19(24-2)21(17)25-15-16-9-4-3-5-10-16/h3-14,22H,15H2,1-2H3. The number of thioether (sulfide) groups is 1. The second-order valence-corrected chi connectivity index (χ2v) is 7.32. The van der Waals surface area contributed by atoms with Crippen molar-refractivity contribution in [2.24, 2.45) is 0 Å². The van der Waals surface area contributed by atoms with Crippen molar-refractivity contribution in [3.8, 4) is 11.5 Å². The van der Waals surface area contributed by atoms with Crippen LogP contribution in [0.3, 0.4) is 0 Å². The van der Waals surface area contributed by atoms with E-state index in [4.69, 9.17) is 9.47 Å². The van der Waals surface area contributed by atoms with Gasteiger partial charge in [-0.05, 0) is 23.8 Å². The van der Waals surface area contributed by atoms with Crippen LogP contribution in [0, 0.1) is 0 Å². The van der Waals surface area contributed by atoms with Crippen molar-refractivity contribution in [2.75, 3.05) is 19.1 Å². The summed E-state index contributed by atoms with van der Waals surface area (Å²) in [6, 6.07) is 24.8. The summed E-state index contributed by atoms with van der Waals surface area (Å²) in [5, 5.41) is 0.160. The summed E-state index contributed by atoms with van der Waals surface area (Å²) in [6.07, 6.45) is 0. The Balaban J connectivity index is 1.66. The van der Waals surface area contributed by atoms with E-state index in [0.717, 1.165) is 22.6 Å². The molecule has 0 saturated heterocycles. The molecule has 0 aliphatic carbocycles. The van der Waals surface area contributed by atoms with E-state index in [0.29, 0.717) is 6.61 Å². The maximum Gasteiger partial charge on any atom is 0.167 e. The lowest BCUT2D eigenvalue weighted by Gasteiger charge is -2.25. The largest absolute Gasteiger partial charge is 0.493 e. The fourth-order valence-electron chi connectivity index (χ4n) is 3.22. The minimum Gasteiger partial charge on any atom is -0.493 e. The molecule has 0 spiro atoms. The van der Waals surface area contributed by atoms with Crippen LogP contribution < -0.4 is 14.4 Å². The lowest BCUT2D eigenvalue weighted by molar-refractivity contribution is 0.281. The smallest absolute Gasteiger partial charge is 0.167 e. The molecule has 0 aromatic heterocycles. The van der Waals surface area contributed by atoms with Gasteiger partial charge in [0.25, 0.3) is 0 Å². The van der Waals surface area contributed by atoms with E-state index in [1.165, 1.54) is 10.6 Å². The highest BCUT2D eigenvalue weighted by molar-refractivity contribution is 8.00. The van der Waals surface area contributed by atoms with Crippen molar-refractivity contribution < 1.29 is 9.47 Å². The van der Waals surface area contributed by atoms with E-state index in [1.54, 1.807) is 7.11 Å². The quantitative estimate of drug-likeness (QED) is 0.595. The fraction of sp³-hybridized carbons (Fsp3) is 0.182. The molecule has 1 unspecified atom stereocenters. The van der Waals surface area contributed by atoms with E-state index < -0.39 is 0 Å². The molecule has 4 rings (SSSR count). The molecule has 1 aliphatic rings. The van der Waals surface area contributed by atoms with Gasteiger partial charge in [0.2, 0.25) is 0 Å². The number of hydrogen-bond donors (Lipinski definition) is 0. The van der Waals surface area contributed by atoms with Crippen LogP contribution in [-0.4, -0.2) is 14.2 Å². The Morgan fingerprint density at radius 2 is 1.69 bits per heavy atom. The molecule has 0 amide bonds. The number of benzene rings is 3. The van der Waals surface area contributed by atoms with Gasteiger partial charge in [-0.15, -0.1) is 0 Å². The van der Waals surface area contributed by atoms with Crippen LogP contribution in [0.15, 0.2) is 77.7 Å². The second kappa shape index (κ2) is 7.34. The molecule has 0 bridgehead atoms. The maximum absolute atomic E-state index is 6.24. The molecule has 1 atom stereocenters. The fourth-order valence-corrected chi connectivity index (χ4v) is 4.53. The third-order valence-corrected chi connectivity index (χ3v) is 5.95. The Labute approximate surface area is 158 Å². The molecule has 0 saturated carbocycles. The van der Waals surface area contributed by atoms with Crippen LogP contribution in [0.1, 0.15) is 16.5 Å². The van der Waals surface area contributed by atoms with Crippen LogP contribution in [-0.2, 0) is 6.61 Å². The van der Waals surface area contributed by atoms with Gasteiger partial charge in [0.1, 0.15) is 12.0 Å². The lowest BCUT2D eigenvalue weighted by atomic mass is 10.1. The molecular formula is C22H21NO2S. The molecule has 1 heterocycles. The Morgan fingerprint density at radius 3 is 2.46 bits per heavy atom. The monoisotopic (exact) mass is 363 g/mol. The highest BCUT2D eigenvalue weighted by atomic mass is 32.2. The van der Waals surface area contributed by atoms with E-state index >= 15 is 0 Å². The summed E-state index contributed by atoms with van der Waals surface area (Å²) in [7, 11) is 3.82. The van der Waals surface area contributed by atoms with Crippen molar-refractivity contribution >= 4 is 17.4 Å². The third kappa shape index (κ3) is 3.13. The lowest BCUT2D eigenvalue weighted by Crippen LogP contribution is -2.18. The zero-order chi connectivity index (χ0) is 17.9. The molecule has 3 aromatic carbocycles. The van der Waals surface area contributed by atoms with Crippen LogP contribution in [0.25, 0.3) is 0 Å². The molecule has 0 radical (unpaired) electrons. The number of hydrogen-bond acceptors (Lipinski definition) is 4. The van der Waals surface area contributed by atoms with Crippen LogP contribution in [0.5, 0.6) is 11.5 Å². The number of methoxy groups -OCH3 is 1. The van der Waals surface area contributed by atoms with E-state index in [2.05, 4.69) is 54.4 Å². The summed E-state index contributed by atoms with van der Waals surface area (Å²) in [5.74, 6) is 1.58. The Kier molecular flexibility index (Phi) is 4.76.